The van der Waals surface area contributed by atoms with Crippen molar-refractivity contribution in [3.8, 4) is 0 Å². The van der Waals surface area contributed by atoms with E-state index in [1.54, 1.807) is 0 Å². The minimum atomic E-state index is 1.05. The molecule has 23 heavy (non-hydrogen) atoms. The van der Waals surface area contributed by atoms with Crippen LogP contribution in [-0.4, -0.2) is 9.13 Å². The molecule has 4 heteroatoms. The molecule has 114 valence electrons. The molecule has 2 heterocycles. The number of imidazole rings is 2. The molecule has 0 aliphatic rings. The van der Waals surface area contributed by atoms with E-state index in [1.165, 1.54) is 22.1 Å². The molecule has 2 aromatic carbocycles. The van der Waals surface area contributed by atoms with Crippen molar-refractivity contribution in [3.05, 3.63) is 66.6 Å². The molecule has 0 fully saturated rings. The average Bonchev–Trinajstić information content (AvgIpc) is 2.97. The van der Waals surface area contributed by atoms with Gasteiger partial charge in [-0.25, -0.2) is 18.3 Å². The van der Waals surface area contributed by atoms with Gasteiger partial charge in [-0.2, -0.15) is 0 Å². The molecule has 0 amide bonds. The SMILES string of the molecule is Cn1c([C]c2n(C)c3ccccc3[n+]2C)[n+](C)c2ccccc21. The van der Waals surface area contributed by atoms with Gasteiger partial charge in [-0.1, -0.05) is 24.3 Å². The van der Waals surface area contributed by atoms with Crippen molar-refractivity contribution in [3.63, 3.8) is 0 Å². The predicted molar refractivity (Wildman–Crippen MR) is 89.6 cm³/mol. The van der Waals surface area contributed by atoms with Gasteiger partial charge in [0.1, 0.15) is 0 Å². The smallest absolute Gasteiger partial charge is 0.229 e. The first-order valence-corrected chi connectivity index (χ1v) is 7.73. The molecule has 0 spiro atoms. The summed E-state index contributed by atoms with van der Waals surface area (Å²) in [5.41, 5.74) is 4.83. The summed E-state index contributed by atoms with van der Waals surface area (Å²) in [5, 5.41) is 0. The van der Waals surface area contributed by atoms with Crippen molar-refractivity contribution in [1.82, 2.24) is 9.13 Å². The van der Waals surface area contributed by atoms with E-state index in [2.05, 4.69) is 101 Å². The number of para-hydroxylation sites is 4. The highest BCUT2D eigenvalue weighted by Crippen LogP contribution is 2.18. The number of hydrogen-bond acceptors (Lipinski definition) is 0. The second kappa shape index (κ2) is 4.95. The number of benzene rings is 2. The Bertz CT molecular complexity index is 875. The molecule has 0 bridgehead atoms. The Labute approximate surface area is 135 Å². The molecule has 0 N–H and O–H groups in total. The summed E-state index contributed by atoms with van der Waals surface area (Å²) >= 11 is 0. The van der Waals surface area contributed by atoms with Crippen LogP contribution in [0.2, 0.25) is 0 Å². The average molecular weight is 304 g/mol. The van der Waals surface area contributed by atoms with E-state index in [0.29, 0.717) is 0 Å². The van der Waals surface area contributed by atoms with Crippen LogP contribution in [0.4, 0.5) is 0 Å². The largest absolute Gasteiger partial charge is 0.279 e. The number of fused-ring (bicyclic) bond motifs is 2. The first kappa shape index (κ1) is 14.0. The summed E-state index contributed by atoms with van der Waals surface area (Å²) in [6, 6.07) is 16.9. The van der Waals surface area contributed by atoms with Gasteiger partial charge in [0.15, 0.2) is 22.1 Å². The molecule has 0 unspecified atom stereocenters. The zero-order valence-corrected chi connectivity index (χ0v) is 13.9. The van der Waals surface area contributed by atoms with E-state index < -0.39 is 0 Å². The quantitative estimate of drug-likeness (QED) is 0.503. The van der Waals surface area contributed by atoms with Gasteiger partial charge in [-0.05, 0) is 24.3 Å². The number of aromatic nitrogens is 4. The predicted octanol–water partition coefficient (Wildman–Crippen LogP) is 1.80. The van der Waals surface area contributed by atoms with Crippen LogP contribution in [-0.2, 0) is 28.2 Å². The lowest BCUT2D eigenvalue weighted by Crippen LogP contribution is -2.37. The van der Waals surface area contributed by atoms with Gasteiger partial charge in [0, 0.05) is 0 Å². The monoisotopic (exact) mass is 304 g/mol. The molecule has 4 nitrogen and oxygen atoms in total. The molecule has 4 aromatic rings. The summed E-state index contributed by atoms with van der Waals surface area (Å²) < 4.78 is 8.75. The lowest BCUT2D eigenvalue weighted by Gasteiger charge is -1.97. The van der Waals surface area contributed by atoms with E-state index >= 15 is 0 Å². The van der Waals surface area contributed by atoms with Crippen molar-refractivity contribution >= 4 is 22.1 Å². The second-order valence-electron chi connectivity index (χ2n) is 5.99. The van der Waals surface area contributed by atoms with E-state index in [-0.39, 0.29) is 0 Å². The van der Waals surface area contributed by atoms with Crippen LogP contribution >= 0.6 is 0 Å². The van der Waals surface area contributed by atoms with Crippen molar-refractivity contribution in [2.75, 3.05) is 0 Å². The minimum absolute atomic E-state index is 1.05. The summed E-state index contributed by atoms with van der Waals surface area (Å²) in [4.78, 5) is 0. The lowest BCUT2D eigenvalue weighted by molar-refractivity contribution is -0.660. The van der Waals surface area contributed by atoms with Crippen LogP contribution in [0, 0.1) is 6.42 Å². The van der Waals surface area contributed by atoms with Crippen LogP contribution in [0.25, 0.3) is 22.1 Å². The maximum atomic E-state index is 3.61. The maximum absolute atomic E-state index is 3.61. The fraction of sp³-hybridized carbons (Fsp3) is 0.211. The molecule has 0 saturated carbocycles. The lowest BCUT2D eigenvalue weighted by atomic mass is 10.3. The zero-order chi connectivity index (χ0) is 16.1. The summed E-state index contributed by atoms with van der Waals surface area (Å²) in [6.45, 7) is 0. The van der Waals surface area contributed by atoms with Gasteiger partial charge in [0.05, 0.1) is 28.2 Å². The Kier molecular flexibility index (Phi) is 3.01. The van der Waals surface area contributed by atoms with Crippen molar-refractivity contribution < 1.29 is 9.13 Å². The molecule has 0 aliphatic carbocycles. The van der Waals surface area contributed by atoms with Gasteiger partial charge in [0.25, 0.3) is 11.6 Å². The first-order chi connectivity index (χ1) is 11.1. The first-order valence-electron chi connectivity index (χ1n) is 7.73. The maximum Gasteiger partial charge on any atom is 0.279 e. The topological polar surface area (TPSA) is 17.6 Å². The highest BCUT2D eigenvalue weighted by molar-refractivity contribution is 5.73. The van der Waals surface area contributed by atoms with Gasteiger partial charge in [-0.3, -0.25) is 0 Å². The molecule has 2 aromatic heterocycles. The molecular weight excluding hydrogens is 284 g/mol. The summed E-state index contributed by atoms with van der Waals surface area (Å²) in [7, 11) is 8.36. The molecular formula is C19H20N4+2. The van der Waals surface area contributed by atoms with Crippen LogP contribution < -0.4 is 9.13 Å². The van der Waals surface area contributed by atoms with Crippen LogP contribution in [0.5, 0.6) is 0 Å². The Hall–Kier alpha value is -2.62. The third-order valence-electron chi connectivity index (χ3n) is 4.70. The Morgan fingerprint density at radius 2 is 1.09 bits per heavy atom. The summed E-state index contributed by atoms with van der Waals surface area (Å²) in [6.07, 6.45) is 3.61. The van der Waals surface area contributed by atoms with Crippen LogP contribution in [0.3, 0.4) is 0 Å². The van der Waals surface area contributed by atoms with Crippen LogP contribution in [0.1, 0.15) is 11.6 Å². The fourth-order valence-electron chi connectivity index (χ4n) is 3.40. The Morgan fingerprint density at radius 1 is 0.696 bits per heavy atom. The van der Waals surface area contributed by atoms with Crippen molar-refractivity contribution in [1.29, 1.82) is 0 Å². The van der Waals surface area contributed by atoms with Gasteiger partial charge < -0.3 is 0 Å². The van der Waals surface area contributed by atoms with Crippen molar-refractivity contribution in [2.45, 2.75) is 0 Å². The molecule has 0 atom stereocenters. The third-order valence-corrected chi connectivity index (χ3v) is 4.70. The number of aryl methyl sites for hydroxylation is 4. The Balaban J connectivity index is 1.92. The molecule has 0 saturated heterocycles. The standard InChI is InChI=1S/C19H20N4/c1-20-14-9-5-6-10-15(14)21(2)18(20)13-19-22(3)16-11-7-8-12-17(16)23(19)4/h5-12H,1-4H3/q+2. The van der Waals surface area contributed by atoms with E-state index in [0.717, 1.165) is 11.6 Å². The zero-order valence-electron chi connectivity index (χ0n) is 13.9. The molecule has 4 rings (SSSR count). The van der Waals surface area contributed by atoms with Gasteiger partial charge >= 0.3 is 0 Å². The highest BCUT2D eigenvalue weighted by atomic mass is 15.2. The number of rotatable bonds is 2. The Morgan fingerprint density at radius 3 is 1.48 bits per heavy atom. The van der Waals surface area contributed by atoms with Crippen molar-refractivity contribution in [2.24, 2.45) is 28.2 Å². The fourth-order valence-corrected chi connectivity index (χ4v) is 3.40. The van der Waals surface area contributed by atoms with Crippen LogP contribution in [0.15, 0.2) is 48.5 Å². The molecule has 2 radical (unpaired) electrons. The highest BCUT2D eigenvalue weighted by Gasteiger charge is 2.28. The third kappa shape index (κ3) is 1.91. The van der Waals surface area contributed by atoms with Gasteiger partial charge in [0.2, 0.25) is 6.42 Å². The molecule has 0 aliphatic heterocycles. The normalized spacial score (nSPS) is 11.7. The second-order valence-corrected chi connectivity index (χ2v) is 5.99. The minimum Gasteiger partial charge on any atom is -0.229 e. The van der Waals surface area contributed by atoms with Gasteiger partial charge in [-0.15, -0.1) is 0 Å². The van der Waals surface area contributed by atoms with E-state index in [9.17, 15) is 0 Å². The summed E-state index contributed by atoms with van der Waals surface area (Å²) in [5.74, 6) is 2.10. The number of hydrogen-bond donors (Lipinski definition) is 0. The number of nitrogens with zero attached hydrogens (tertiary/aromatic N) is 4. The van der Waals surface area contributed by atoms with E-state index in [4.69, 9.17) is 0 Å². The van der Waals surface area contributed by atoms with E-state index in [1.807, 2.05) is 0 Å².